The van der Waals surface area contributed by atoms with Crippen LogP contribution < -0.4 is 10.3 Å². The number of methoxy groups -OCH3 is 1. The zero-order valence-corrected chi connectivity index (χ0v) is 12.9. The van der Waals surface area contributed by atoms with Gasteiger partial charge in [0.1, 0.15) is 11.4 Å². The van der Waals surface area contributed by atoms with Crippen molar-refractivity contribution in [1.29, 1.82) is 0 Å². The molecule has 0 unspecified atom stereocenters. The van der Waals surface area contributed by atoms with Crippen LogP contribution in [0.15, 0.2) is 47.4 Å². The highest BCUT2D eigenvalue weighted by Gasteiger charge is 2.12. The van der Waals surface area contributed by atoms with Crippen LogP contribution in [0.3, 0.4) is 0 Å². The van der Waals surface area contributed by atoms with Gasteiger partial charge in [0.05, 0.1) is 7.11 Å². The zero-order valence-electron chi connectivity index (χ0n) is 12.9. The van der Waals surface area contributed by atoms with E-state index in [0.717, 1.165) is 22.3 Å². The van der Waals surface area contributed by atoms with Crippen LogP contribution in [0.4, 0.5) is 0 Å². The predicted molar refractivity (Wildman–Crippen MR) is 88.4 cm³/mol. The summed E-state index contributed by atoms with van der Waals surface area (Å²) in [6.07, 6.45) is 1.70. The molecule has 0 saturated carbocycles. The summed E-state index contributed by atoms with van der Waals surface area (Å²) in [6, 6.07) is 11.5. The van der Waals surface area contributed by atoms with Gasteiger partial charge in [-0.3, -0.25) is 4.79 Å². The first-order valence-corrected chi connectivity index (χ1v) is 7.26. The molecule has 0 spiro atoms. The fourth-order valence-corrected chi connectivity index (χ4v) is 2.59. The molecule has 3 rings (SSSR count). The highest BCUT2D eigenvalue weighted by Crippen LogP contribution is 2.35. The highest BCUT2D eigenvalue weighted by molar-refractivity contribution is 5.94. The number of fused-ring (bicyclic) bond motifs is 1. The molecule has 1 aromatic carbocycles. The maximum Gasteiger partial charge on any atom is 0.249 e. The molecular weight excluding hydrogens is 276 g/mol. The molecular formula is C18H18N2O2. The van der Waals surface area contributed by atoms with Gasteiger partial charge in [-0.25, -0.2) is 4.98 Å². The van der Waals surface area contributed by atoms with Gasteiger partial charge in [0.25, 0.3) is 0 Å². The monoisotopic (exact) mass is 294 g/mol. The molecule has 0 bridgehead atoms. The third kappa shape index (κ3) is 2.48. The van der Waals surface area contributed by atoms with Crippen LogP contribution >= 0.6 is 0 Å². The molecule has 4 heteroatoms. The predicted octanol–water partition coefficient (Wildman–Crippen LogP) is 3.72. The number of aromatic amines is 1. The molecule has 3 aromatic rings. The molecule has 0 radical (unpaired) electrons. The van der Waals surface area contributed by atoms with Crippen molar-refractivity contribution in [3.05, 3.63) is 58.5 Å². The van der Waals surface area contributed by atoms with E-state index in [0.29, 0.717) is 11.6 Å². The van der Waals surface area contributed by atoms with Crippen molar-refractivity contribution in [2.75, 3.05) is 7.11 Å². The molecule has 0 atom stereocenters. The van der Waals surface area contributed by atoms with Crippen molar-refractivity contribution < 1.29 is 4.74 Å². The van der Waals surface area contributed by atoms with Gasteiger partial charge < -0.3 is 9.72 Å². The van der Waals surface area contributed by atoms with E-state index in [1.165, 1.54) is 11.6 Å². The molecule has 2 aromatic heterocycles. The molecule has 2 heterocycles. The summed E-state index contributed by atoms with van der Waals surface area (Å²) in [5.41, 5.74) is 3.68. The molecule has 0 saturated heterocycles. The third-order valence-electron chi connectivity index (χ3n) is 3.81. The second-order valence-corrected chi connectivity index (χ2v) is 5.56. The summed E-state index contributed by atoms with van der Waals surface area (Å²) in [5.74, 6) is 1.24. The van der Waals surface area contributed by atoms with Crippen molar-refractivity contribution in [2.45, 2.75) is 19.8 Å². The molecule has 0 aliphatic carbocycles. The van der Waals surface area contributed by atoms with Gasteiger partial charge in [-0.05, 0) is 41.3 Å². The summed E-state index contributed by atoms with van der Waals surface area (Å²) in [5, 5.41) is 0.904. The maximum absolute atomic E-state index is 11.5. The van der Waals surface area contributed by atoms with Crippen LogP contribution in [0, 0.1) is 0 Å². The van der Waals surface area contributed by atoms with E-state index in [9.17, 15) is 4.79 Å². The molecule has 22 heavy (non-hydrogen) atoms. The van der Waals surface area contributed by atoms with Crippen molar-refractivity contribution >= 4 is 11.0 Å². The van der Waals surface area contributed by atoms with Gasteiger partial charge in [0.15, 0.2) is 0 Å². The van der Waals surface area contributed by atoms with E-state index < -0.39 is 0 Å². The number of ether oxygens (including phenoxy) is 1. The summed E-state index contributed by atoms with van der Waals surface area (Å²) >= 11 is 0. The van der Waals surface area contributed by atoms with Crippen LogP contribution in [-0.4, -0.2) is 17.1 Å². The van der Waals surface area contributed by atoms with E-state index in [2.05, 4.69) is 35.9 Å². The number of nitrogens with one attached hydrogen (secondary N) is 1. The minimum absolute atomic E-state index is 0.153. The number of aromatic nitrogens is 2. The van der Waals surface area contributed by atoms with Crippen LogP contribution in [0.25, 0.3) is 22.2 Å². The van der Waals surface area contributed by atoms with E-state index >= 15 is 0 Å². The van der Waals surface area contributed by atoms with Crippen molar-refractivity contribution in [3.63, 3.8) is 0 Å². The van der Waals surface area contributed by atoms with Gasteiger partial charge in [0, 0.05) is 23.2 Å². The summed E-state index contributed by atoms with van der Waals surface area (Å²) in [4.78, 5) is 18.5. The largest absolute Gasteiger partial charge is 0.496 e. The SMILES string of the molecule is COc1ccc(C(C)C)cc1-c1ccnc2[nH]c(=O)ccc12. The Hall–Kier alpha value is -2.62. The van der Waals surface area contributed by atoms with Gasteiger partial charge in [-0.2, -0.15) is 0 Å². The first kappa shape index (κ1) is 14.3. The second-order valence-electron chi connectivity index (χ2n) is 5.56. The Morgan fingerprint density at radius 2 is 1.91 bits per heavy atom. The quantitative estimate of drug-likeness (QED) is 0.801. The maximum atomic E-state index is 11.5. The summed E-state index contributed by atoms with van der Waals surface area (Å²) < 4.78 is 5.51. The van der Waals surface area contributed by atoms with Gasteiger partial charge in [-0.1, -0.05) is 19.9 Å². The number of H-pyrrole nitrogens is 1. The van der Waals surface area contributed by atoms with Gasteiger partial charge in [-0.15, -0.1) is 0 Å². The fourth-order valence-electron chi connectivity index (χ4n) is 2.59. The zero-order chi connectivity index (χ0) is 15.7. The number of nitrogens with zero attached hydrogens (tertiary/aromatic N) is 1. The van der Waals surface area contributed by atoms with E-state index in [-0.39, 0.29) is 5.56 Å². The topological polar surface area (TPSA) is 55.0 Å². The Balaban J connectivity index is 2.31. The van der Waals surface area contributed by atoms with E-state index in [1.807, 2.05) is 12.1 Å². The smallest absolute Gasteiger partial charge is 0.249 e. The summed E-state index contributed by atoms with van der Waals surface area (Å²) in [7, 11) is 1.67. The van der Waals surface area contributed by atoms with Crippen molar-refractivity contribution in [3.8, 4) is 16.9 Å². The molecule has 112 valence electrons. The van der Waals surface area contributed by atoms with Crippen LogP contribution in [0.5, 0.6) is 5.75 Å². The van der Waals surface area contributed by atoms with Gasteiger partial charge in [0.2, 0.25) is 5.56 Å². The number of hydrogen-bond acceptors (Lipinski definition) is 3. The van der Waals surface area contributed by atoms with Crippen molar-refractivity contribution in [2.24, 2.45) is 0 Å². The Morgan fingerprint density at radius 1 is 1.09 bits per heavy atom. The molecule has 0 aliphatic rings. The first-order chi connectivity index (χ1) is 10.6. The van der Waals surface area contributed by atoms with E-state index in [4.69, 9.17) is 4.74 Å². The highest BCUT2D eigenvalue weighted by atomic mass is 16.5. The second kappa shape index (κ2) is 5.64. The van der Waals surface area contributed by atoms with Crippen molar-refractivity contribution in [1.82, 2.24) is 9.97 Å². The minimum atomic E-state index is -0.153. The lowest BCUT2D eigenvalue weighted by atomic mass is 9.95. The minimum Gasteiger partial charge on any atom is -0.496 e. The lowest BCUT2D eigenvalue weighted by Gasteiger charge is -2.14. The average molecular weight is 294 g/mol. The third-order valence-corrected chi connectivity index (χ3v) is 3.81. The Morgan fingerprint density at radius 3 is 2.64 bits per heavy atom. The number of benzene rings is 1. The molecule has 0 aliphatic heterocycles. The Labute approximate surface area is 128 Å². The normalized spacial score (nSPS) is 11.1. The molecule has 0 amide bonds. The standard InChI is InChI=1S/C18H18N2O2/c1-11(2)12-4-6-16(22-3)15(10-12)13-8-9-19-18-14(13)5-7-17(21)20-18/h4-11H,1-3H3,(H,19,20,21). The first-order valence-electron chi connectivity index (χ1n) is 7.26. The number of pyridine rings is 2. The Bertz CT molecular complexity index is 882. The van der Waals surface area contributed by atoms with Crippen LogP contribution in [-0.2, 0) is 0 Å². The number of rotatable bonds is 3. The lowest BCUT2D eigenvalue weighted by molar-refractivity contribution is 0.416. The lowest BCUT2D eigenvalue weighted by Crippen LogP contribution is -2.04. The average Bonchev–Trinajstić information content (AvgIpc) is 2.53. The van der Waals surface area contributed by atoms with Crippen LogP contribution in [0.1, 0.15) is 25.3 Å². The molecule has 4 nitrogen and oxygen atoms in total. The Kier molecular flexibility index (Phi) is 3.67. The van der Waals surface area contributed by atoms with Gasteiger partial charge >= 0.3 is 0 Å². The summed E-state index contributed by atoms with van der Waals surface area (Å²) in [6.45, 7) is 4.32. The number of hydrogen-bond donors (Lipinski definition) is 1. The molecule has 1 N–H and O–H groups in total. The molecule has 0 fully saturated rings. The van der Waals surface area contributed by atoms with E-state index in [1.54, 1.807) is 19.4 Å². The fraction of sp³-hybridized carbons (Fsp3) is 0.222. The van der Waals surface area contributed by atoms with Crippen LogP contribution in [0.2, 0.25) is 0 Å².